The highest BCUT2D eigenvalue weighted by molar-refractivity contribution is 7.92. The summed E-state index contributed by atoms with van der Waals surface area (Å²) < 4.78 is 22.2. The molecular formula is C6H14N2O3S. The Kier molecular flexibility index (Phi) is 3.23. The molecule has 5 nitrogen and oxygen atoms in total. The van der Waals surface area contributed by atoms with Crippen molar-refractivity contribution in [1.82, 2.24) is 0 Å². The maximum Gasteiger partial charge on any atom is 0.232 e. The number of primary amides is 1. The fraction of sp³-hybridized carbons (Fsp3) is 0.833. The molecule has 0 rings (SSSR count). The molecule has 12 heavy (non-hydrogen) atoms. The van der Waals surface area contributed by atoms with E-state index in [1.807, 2.05) is 0 Å². The summed E-state index contributed by atoms with van der Waals surface area (Å²) in [6, 6.07) is 0. The third kappa shape index (κ3) is 6.11. The molecular weight excluding hydrogens is 180 g/mol. The molecule has 0 saturated carbocycles. The molecule has 0 aliphatic rings. The van der Waals surface area contributed by atoms with Crippen molar-refractivity contribution in [3.8, 4) is 0 Å². The first kappa shape index (κ1) is 11.4. The van der Waals surface area contributed by atoms with Crippen LogP contribution in [-0.4, -0.2) is 31.4 Å². The van der Waals surface area contributed by atoms with Crippen LogP contribution in [0, 0.1) is 0 Å². The zero-order valence-electron chi connectivity index (χ0n) is 7.20. The Labute approximate surface area is 72.0 Å². The van der Waals surface area contributed by atoms with Crippen molar-refractivity contribution >= 4 is 15.7 Å². The Hall–Kier alpha value is -0.620. The van der Waals surface area contributed by atoms with Crippen molar-refractivity contribution in [1.29, 1.82) is 0 Å². The molecule has 0 atom stereocenters. The van der Waals surface area contributed by atoms with Crippen LogP contribution in [0.25, 0.3) is 0 Å². The van der Waals surface area contributed by atoms with Gasteiger partial charge in [-0.2, -0.15) is 0 Å². The lowest BCUT2D eigenvalue weighted by Gasteiger charge is -2.17. The number of sulfone groups is 1. The van der Waals surface area contributed by atoms with Gasteiger partial charge in [-0.05, 0) is 13.8 Å². The molecule has 0 spiro atoms. The third-order valence-electron chi connectivity index (χ3n) is 0.954. The van der Waals surface area contributed by atoms with E-state index in [2.05, 4.69) is 0 Å². The first-order valence-electron chi connectivity index (χ1n) is 3.40. The highest BCUT2D eigenvalue weighted by Crippen LogP contribution is 2.02. The molecule has 4 N–H and O–H groups in total. The highest BCUT2D eigenvalue weighted by atomic mass is 32.2. The maximum atomic E-state index is 11.1. The number of rotatable bonds is 4. The third-order valence-corrected chi connectivity index (χ3v) is 2.86. The quantitative estimate of drug-likeness (QED) is 0.575. The van der Waals surface area contributed by atoms with Gasteiger partial charge in [0.1, 0.15) is 5.75 Å². The standard InChI is InChI=1S/C6H14N2O3S/c1-6(2,8)4-12(10,11)3-5(7)9/h3-4,8H2,1-2H3,(H2,7,9). The lowest BCUT2D eigenvalue weighted by Crippen LogP contribution is -2.42. The first-order chi connectivity index (χ1) is 5.12. The first-order valence-corrected chi connectivity index (χ1v) is 5.22. The van der Waals surface area contributed by atoms with Gasteiger partial charge < -0.3 is 11.5 Å². The fourth-order valence-electron chi connectivity index (χ4n) is 0.835. The zero-order chi connectivity index (χ0) is 9.99. The van der Waals surface area contributed by atoms with E-state index in [9.17, 15) is 13.2 Å². The molecule has 0 aromatic carbocycles. The van der Waals surface area contributed by atoms with Crippen molar-refractivity contribution in [2.75, 3.05) is 11.5 Å². The highest BCUT2D eigenvalue weighted by Gasteiger charge is 2.23. The van der Waals surface area contributed by atoms with E-state index in [1.165, 1.54) is 0 Å². The molecule has 0 bridgehead atoms. The Morgan fingerprint density at radius 3 is 2.08 bits per heavy atom. The van der Waals surface area contributed by atoms with Gasteiger partial charge in [-0.3, -0.25) is 4.79 Å². The average Bonchev–Trinajstić information content (AvgIpc) is 1.48. The summed E-state index contributed by atoms with van der Waals surface area (Å²) in [7, 11) is -3.44. The summed E-state index contributed by atoms with van der Waals surface area (Å²) in [5.74, 6) is -1.71. The summed E-state index contributed by atoms with van der Waals surface area (Å²) in [5.41, 5.74) is 9.38. The van der Waals surface area contributed by atoms with Crippen LogP contribution >= 0.6 is 0 Å². The topological polar surface area (TPSA) is 103 Å². The smallest absolute Gasteiger partial charge is 0.232 e. The second-order valence-electron chi connectivity index (χ2n) is 3.49. The summed E-state index contributed by atoms with van der Waals surface area (Å²) in [4.78, 5) is 10.3. The van der Waals surface area contributed by atoms with Crippen molar-refractivity contribution in [3.63, 3.8) is 0 Å². The van der Waals surface area contributed by atoms with Gasteiger partial charge in [0.25, 0.3) is 0 Å². The summed E-state index contributed by atoms with van der Waals surface area (Å²) in [5, 5.41) is 0. The Bertz CT molecular complexity index is 263. The van der Waals surface area contributed by atoms with E-state index in [-0.39, 0.29) is 5.75 Å². The lowest BCUT2D eigenvalue weighted by molar-refractivity contribution is -0.115. The SMILES string of the molecule is CC(C)(N)CS(=O)(=O)CC(N)=O. The molecule has 0 saturated heterocycles. The van der Waals surface area contributed by atoms with Crippen LogP contribution in [0.4, 0.5) is 0 Å². The van der Waals surface area contributed by atoms with Gasteiger partial charge in [0.2, 0.25) is 5.91 Å². The van der Waals surface area contributed by atoms with Gasteiger partial charge in [0.05, 0.1) is 5.75 Å². The van der Waals surface area contributed by atoms with Crippen LogP contribution in [0.2, 0.25) is 0 Å². The molecule has 0 aliphatic carbocycles. The van der Waals surface area contributed by atoms with Crippen LogP contribution in [-0.2, 0) is 14.6 Å². The van der Waals surface area contributed by atoms with E-state index in [0.717, 1.165) is 0 Å². The summed E-state index contributed by atoms with van der Waals surface area (Å²) >= 11 is 0. The molecule has 0 fully saturated rings. The van der Waals surface area contributed by atoms with Crippen LogP contribution in [0.5, 0.6) is 0 Å². The zero-order valence-corrected chi connectivity index (χ0v) is 8.02. The number of carbonyl (C=O) groups excluding carboxylic acids is 1. The molecule has 1 amide bonds. The van der Waals surface area contributed by atoms with E-state index >= 15 is 0 Å². The summed E-state index contributed by atoms with van der Waals surface area (Å²) in [6.07, 6.45) is 0. The maximum absolute atomic E-state index is 11.1. The molecule has 6 heteroatoms. The fourth-order valence-corrected chi connectivity index (χ4v) is 2.50. The van der Waals surface area contributed by atoms with Gasteiger partial charge in [0, 0.05) is 5.54 Å². The monoisotopic (exact) mass is 194 g/mol. The number of carbonyl (C=O) groups is 1. The second kappa shape index (κ2) is 3.40. The summed E-state index contributed by atoms with van der Waals surface area (Å²) in [6.45, 7) is 3.15. The molecule has 0 aliphatic heterocycles. The molecule has 0 unspecified atom stereocenters. The van der Waals surface area contributed by atoms with Crippen LogP contribution < -0.4 is 11.5 Å². The van der Waals surface area contributed by atoms with Crippen LogP contribution in [0.15, 0.2) is 0 Å². The van der Waals surface area contributed by atoms with Crippen molar-refractivity contribution in [2.24, 2.45) is 11.5 Å². The van der Waals surface area contributed by atoms with Gasteiger partial charge in [-0.1, -0.05) is 0 Å². The number of amides is 1. The Balaban J connectivity index is 4.36. The van der Waals surface area contributed by atoms with Gasteiger partial charge in [-0.15, -0.1) is 0 Å². The Morgan fingerprint density at radius 1 is 1.42 bits per heavy atom. The van der Waals surface area contributed by atoms with Gasteiger partial charge >= 0.3 is 0 Å². The predicted molar refractivity (Wildman–Crippen MR) is 46.1 cm³/mol. The Morgan fingerprint density at radius 2 is 1.83 bits per heavy atom. The largest absolute Gasteiger partial charge is 0.369 e. The van der Waals surface area contributed by atoms with E-state index in [4.69, 9.17) is 11.5 Å². The molecule has 0 aromatic heterocycles. The molecule has 0 aromatic rings. The molecule has 72 valence electrons. The van der Waals surface area contributed by atoms with Crippen molar-refractivity contribution in [2.45, 2.75) is 19.4 Å². The number of nitrogens with two attached hydrogens (primary N) is 2. The van der Waals surface area contributed by atoms with E-state index in [1.54, 1.807) is 13.8 Å². The van der Waals surface area contributed by atoms with Crippen molar-refractivity contribution in [3.05, 3.63) is 0 Å². The second-order valence-corrected chi connectivity index (χ2v) is 5.55. The van der Waals surface area contributed by atoms with Crippen LogP contribution in [0.1, 0.15) is 13.8 Å². The van der Waals surface area contributed by atoms with Gasteiger partial charge in [0.15, 0.2) is 9.84 Å². The lowest BCUT2D eigenvalue weighted by atomic mass is 10.1. The van der Waals surface area contributed by atoms with E-state index < -0.39 is 27.0 Å². The minimum atomic E-state index is -3.44. The average molecular weight is 194 g/mol. The predicted octanol–water partition coefficient (Wildman–Crippen LogP) is -1.38. The van der Waals surface area contributed by atoms with Crippen molar-refractivity contribution < 1.29 is 13.2 Å². The van der Waals surface area contributed by atoms with Crippen LogP contribution in [0.3, 0.4) is 0 Å². The number of hydrogen-bond donors (Lipinski definition) is 2. The minimum Gasteiger partial charge on any atom is -0.369 e. The molecule has 0 heterocycles. The van der Waals surface area contributed by atoms with Gasteiger partial charge in [-0.25, -0.2) is 8.42 Å². The minimum absolute atomic E-state index is 0.233. The van der Waals surface area contributed by atoms with E-state index in [0.29, 0.717) is 0 Å². The molecule has 0 radical (unpaired) electrons. The normalized spacial score (nSPS) is 12.9. The number of hydrogen-bond acceptors (Lipinski definition) is 4.